The van der Waals surface area contributed by atoms with Crippen LogP contribution >= 0.6 is 0 Å². The number of carbonyl (C=O) groups is 1. The predicted octanol–water partition coefficient (Wildman–Crippen LogP) is 3.26. The smallest absolute Gasteiger partial charge is 0.257 e. The molecule has 3 rings (SSSR count). The van der Waals surface area contributed by atoms with E-state index < -0.39 is 0 Å². The van der Waals surface area contributed by atoms with Crippen LogP contribution in [0.5, 0.6) is 0 Å². The standard InChI is InChI=1S/C15H12FN3O/c1-9-7-10(4-5-13(9)16)19-15(20)12-8-18-14-11(12)3-2-6-17-14/h2-8H,1H3,(H,17,18)(H,19,20). The molecule has 0 bridgehead atoms. The topological polar surface area (TPSA) is 57.8 Å². The first kappa shape index (κ1) is 12.3. The molecule has 0 unspecified atom stereocenters. The molecule has 3 aromatic rings. The lowest BCUT2D eigenvalue weighted by Crippen LogP contribution is -2.11. The van der Waals surface area contributed by atoms with Crippen molar-refractivity contribution in [2.45, 2.75) is 6.92 Å². The molecule has 100 valence electrons. The first-order valence-corrected chi connectivity index (χ1v) is 6.15. The third-order valence-electron chi connectivity index (χ3n) is 3.11. The summed E-state index contributed by atoms with van der Waals surface area (Å²) in [6.45, 7) is 1.65. The lowest BCUT2D eigenvalue weighted by molar-refractivity contribution is 0.102. The minimum atomic E-state index is -0.292. The van der Waals surface area contributed by atoms with E-state index >= 15 is 0 Å². The van der Waals surface area contributed by atoms with E-state index in [1.54, 1.807) is 31.5 Å². The quantitative estimate of drug-likeness (QED) is 0.750. The maximum atomic E-state index is 13.2. The Morgan fingerprint density at radius 3 is 3.00 bits per heavy atom. The second-order valence-corrected chi connectivity index (χ2v) is 4.52. The fraction of sp³-hybridized carbons (Fsp3) is 0.0667. The molecule has 0 aliphatic rings. The third-order valence-corrected chi connectivity index (χ3v) is 3.11. The van der Waals surface area contributed by atoms with Crippen molar-refractivity contribution in [3.8, 4) is 0 Å². The molecule has 20 heavy (non-hydrogen) atoms. The van der Waals surface area contributed by atoms with Gasteiger partial charge in [0.25, 0.3) is 5.91 Å². The van der Waals surface area contributed by atoms with E-state index in [-0.39, 0.29) is 11.7 Å². The summed E-state index contributed by atoms with van der Waals surface area (Å²) < 4.78 is 13.2. The van der Waals surface area contributed by atoms with Crippen molar-refractivity contribution in [1.82, 2.24) is 9.97 Å². The van der Waals surface area contributed by atoms with Gasteiger partial charge in [-0.2, -0.15) is 0 Å². The number of amides is 1. The number of aromatic amines is 1. The summed E-state index contributed by atoms with van der Waals surface area (Å²) in [6.07, 6.45) is 3.27. The number of benzene rings is 1. The minimum Gasteiger partial charge on any atom is -0.345 e. The maximum Gasteiger partial charge on any atom is 0.257 e. The Balaban J connectivity index is 1.91. The number of pyridine rings is 1. The van der Waals surface area contributed by atoms with Gasteiger partial charge >= 0.3 is 0 Å². The molecular formula is C15H12FN3O. The van der Waals surface area contributed by atoms with Crippen LogP contribution in [0.3, 0.4) is 0 Å². The number of aryl methyl sites for hydroxylation is 1. The second kappa shape index (κ2) is 4.77. The number of hydrogen-bond donors (Lipinski definition) is 2. The highest BCUT2D eigenvalue weighted by molar-refractivity contribution is 6.12. The molecule has 0 radical (unpaired) electrons. The zero-order valence-electron chi connectivity index (χ0n) is 10.8. The Morgan fingerprint density at radius 2 is 2.20 bits per heavy atom. The average Bonchev–Trinajstić information content (AvgIpc) is 2.87. The second-order valence-electron chi connectivity index (χ2n) is 4.52. The van der Waals surface area contributed by atoms with Crippen molar-refractivity contribution in [1.29, 1.82) is 0 Å². The van der Waals surface area contributed by atoms with Crippen LogP contribution in [0.1, 0.15) is 15.9 Å². The van der Waals surface area contributed by atoms with Crippen molar-refractivity contribution in [2.75, 3.05) is 5.32 Å². The van der Waals surface area contributed by atoms with Crippen LogP contribution in [0.2, 0.25) is 0 Å². The normalized spacial score (nSPS) is 10.7. The lowest BCUT2D eigenvalue weighted by atomic mass is 10.2. The molecule has 0 aliphatic carbocycles. The summed E-state index contributed by atoms with van der Waals surface area (Å²) >= 11 is 0. The molecule has 0 atom stereocenters. The van der Waals surface area contributed by atoms with Gasteiger partial charge in [-0.1, -0.05) is 0 Å². The Kier molecular flexibility index (Phi) is 2.95. The number of nitrogens with one attached hydrogen (secondary N) is 2. The van der Waals surface area contributed by atoms with Gasteiger partial charge in [0.2, 0.25) is 0 Å². The first-order chi connectivity index (χ1) is 9.65. The zero-order chi connectivity index (χ0) is 14.1. The van der Waals surface area contributed by atoms with Crippen molar-refractivity contribution in [2.24, 2.45) is 0 Å². The SMILES string of the molecule is Cc1cc(NC(=O)c2c[nH]c3ncccc23)ccc1F. The van der Waals surface area contributed by atoms with Crippen molar-refractivity contribution >= 4 is 22.6 Å². The van der Waals surface area contributed by atoms with Gasteiger partial charge in [-0.05, 0) is 42.8 Å². The molecule has 0 saturated heterocycles. The lowest BCUT2D eigenvalue weighted by Gasteiger charge is -2.05. The molecule has 0 spiro atoms. The number of aromatic nitrogens is 2. The fourth-order valence-corrected chi connectivity index (χ4v) is 2.06. The van der Waals surface area contributed by atoms with Crippen LogP contribution in [0, 0.1) is 12.7 Å². The minimum absolute atomic E-state index is 0.254. The Labute approximate surface area is 114 Å². The number of H-pyrrole nitrogens is 1. The molecule has 0 fully saturated rings. The Morgan fingerprint density at radius 1 is 1.35 bits per heavy atom. The van der Waals surface area contributed by atoms with Crippen LogP contribution in [-0.4, -0.2) is 15.9 Å². The summed E-state index contributed by atoms with van der Waals surface area (Å²) in [5.41, 5.74) is 2.22. The predicted molar refractivity (Wildman–Crippen MR) is 75.2 cm³/mol. The molecular weight excluding hydrogens is 257 g/mol. The number of rotatable bonds is 2. The summed E-state index contributed by atoms with van der Waals surface area (Å²) in [7, 11) is 0. The molecule has 5 heteroatoms. The first-order valence-electron chi connectivity index (χ1n) is 6.15. The number of halogens is 1. The highest BCUT2D eigenvalue weighted by Crippen LogP contribution is 2.19. The summed E-state index contributed by atoms with van der Waals surface area (Å²) in [5, 5.41) is 3.50. The van der Waals surface area contributed by atoms with E-state index in [4.69, 9.17) is 0 Å². The van der Waals surface area contributed by atoms with Crippen LogP contribution < -0.4 is 5.32 Å². The highest BCUT2D eigenvalue weighted by Gasteiger charge is 2.12. The van der Waals surface area contributed by atoms with E-state index in [0.29, 0.717) is 22.5 Å². The van der Waals surface area contributed by atoms with Gasteiger partial charge in [0.1, 0.15) is 11.5 Å². The van der Waals surface area contributed by atoms with E-state index in [1.165, 1.54) is 12.1 Å². The van der Waals surface area contributed by atoms with E-state index in [1.807, 2.05) is 6.07 Å². The largest absolute Gasteiger partial charge is 0.345 e. The molecule has 1 aromatic carbocycles. The molecule has 0 saturated carbocycles. The van der Waals surface area contributed by atoms with E-state index in [2.05, 4.69) is 15.3 Å². The molecule has 1 amide bonds. The Hall–Kier alpha value is -2.69. The van der Waals surface area contributed by atoms with Gasteiger partial charge in [0, 0.05) is 23.5 Å². The van der Waals surface area contributed by atoms with Crippen LogP contribution in [0.25, 0.3) is 11.0 Å². The van der Waals surface area contributed by atoms with Crippen LogP contribution in [-0.2, 0) is 0 Å². The summed E-state index contributed by atoms with van der Waals surface area (Å²) in [6, 6.07) is 8.06. The fourth-order valence-electron chi connectivity index (χ4n) is 2.06. The highest BCUT2D eigenvalue weighted by atomic mass is 19.1. The van der Waals surface area contributed by atoms with E-state index in [0.717, 1.165) is 5.39 Å². The van der Waals surface area contributed by atoms with Gasteiger partial charge in [0.15, 0.2) is 0 Å². The molecule has 2 N–H and O–H groups in total. The van der Waals surface area contributed by atoms with Crippen LogP contribution in [0.15, 0.2) is 42.7 Å². The number of carbonyl (C=O) groups excluding carboxylic acids is 1. The number of hydrogen-bond acceptors (Lipinski definition) is 2. The number of anilines is 1. The van der Waals surface area contributed by atoms with Gasteiger partial charge in [-0.25, -0.2) is 9.37 Å². The Bertz CT molecular complexity index is 795. The molecule has 2 aromatic heterocycles. The summed E-state index contributed by atoms with van der Waals surface area (Å²) in [4.78, 5) is 19.3. The van der Waals surface area contributed by atoms with Gasteiger partial charge < -0.3 is 10.3 Å². The summed E-state index contributed by atoms with van der Waals surface area (Å²) in [5.74, 6) is -0.547. The number of fused-ring (bicyclic) bond motifs is 1. The van der Waals surface area contributed by atoms with Gasteiger partial charge in [-0.15, -0.1) is 0 Å². The van der Waals surface area contributed by atoms with Crippen molar-refractivity contribution < 1.29 is 9.18 Å². The van der Waals surface area contributed by atoms with Gasteiger partial charge in [0.05, 0.1) is 5.56 Å². The monoisotopic (exact) mass is 269 g/mol. The third kappa shape index (κ3) is 2.14. The molecule has 0 aliphatic heterocycles. The van der Waals surface area contributed by atoms with Crippen molar-refractivity contribution in [3.05, 3.63) is 59.7 Å². The van der Waals surface area contributed by atoms with Gasteiger partial charge in [-0.3, -0.25) is 4.79 Å². The molecule has 2 heterocycles. The molecule has 4 nitrogen and oxygen atoms in total. The zero-order valence-corrected chi connectivity index (χ0v) is 10.8. The number of nitrogens with zero attached hydrogens (tertiary/aromatic N) is 1. The van der Waals surface area contributed by atoms with Crippen molar-refractivity contribution in [3.63, 3.8) is 0 Å². The maximum absolute atomic E-state index is 13.2. The van der Waals surface area contributed by atoms with E-state index in [9.17, 15) is 9.18 Å². The average molecular weight is 269 g/mol. The van der Waals surface area contributed by atoms with Crippen LogP contribution in [0.4, 0.5) is 10.1 Å².